The Balaban J connectivity index is 1.78. The third-order valence-corrected chi connectivity index (χ3v) is 4.15. The Hall–Kier alpha value is -3.14. The van der Waals surface area contributed by atoms with Crippen molar-refractivity contribution in [3.05, 3.63) is 77.0 Å². The largest absolute Gasteiger partial charge is 0.507 e. The number of carbonyl (C=O) groups excluding carboxylic acids is 1. The maximum Gasteiger partial charge on any atom is 0.198 e. The van der Waals surface area contributed by atoms with E-state index in [1.807, 2.05) is 25.1 Å². The predicted molar refractivity (Wildman–Crippen MR) is 90.3 cm³/mol. The van der Waals surface area contributed by atoms with Gasteiger partial charge in [-0.25, -0.2) is 0 Å². The molecule has 0 bridgehead atoms. The summed E-state index contributed by atoms with van der Waals surface area (Å²) in [6, 6.07) is 14.3. The van der Waals surface area contributed by atoms with Gasteiger partial charge in [0.2, 0.25) is 0 Å². The molecule has 2 heterocycles. The number of para-hydroxylation sites is 1. The number of ether oxygens (including phenoxy) is 1. The van der Waals surface area contributed by atoms with E-state index >= 15 is 0 Å². The average Bonchev–Trinajstić information content (AvgIpc) is 2.61. The Bertz CT molecular complexity index is 963. The van der Waals surface area contributed by atoms with Gasteiger partial charge in [-0.3, -0.25) is 9.78 Å². The zero-order valence-corrected chi connectivity index (χ0v) is 13.1. The Kier molecular flexibility index (Phi) is 3.31. The van der Waals surface area contributed by atoms with Crippen LogP contribution in [-0.2, 0) is 6.61 Å². The summed E-state index contributed by atoms with van der Waals surface area (Å²) in [5, 5.41) is 9.88. The SMILES string of the molecule is Cc1ccc2c(c1)-c1ncc(C(=O)c3ccccc3O)cc1CO2. The van der Waals surface area contributed by atoms with Gasteiger partial charge in [0.15, 0.2) is 5.78 Å². The van der Waals surface area contributed by atoms with Crippen molar-refractivity contribution in [3.63, 3.8) is 0 Å². The highest BCUT2D eigenvalue weighted by atomic mass is 16.5. The van der Waals surface area contributed by atoms with Gasteiger partial charge in [0.05, 0.1) is 11.3 Å². The van der Waals surface area contributed by atoms with E-state index in [-0.39, 0.29) is 17.1 Å². The lowest BCUT2D eigenvalue weighted by Gasteiger charge is -2.20. The first kappa shape index (κ1) is 14.5. The number of aromatic nitrogens is 1. The van der Waals surface area contributed by atoms with Gasteiger partial charge in [-0.05, 0) is 37.3 Å². The van der Waals surface area contributed by atoms with Gasteiger partial charge in [-0.15, -0.1) is 0 Å². The van der Waals surface area contributed by atoms with Crippen LogP contribution in [0.5, 0.6) is 11.5 Å². The van der Waals surface area contributed by atoms with E-state index in [1.165, 1.54) is 6.07 Å². The lowest BCUT2D eigenvalue weighted by molar-refractivity contribution is 0.103. The van der Waals surface area contributed by atoms with E-state index in [9.17, 15) is 9.90 Å². The normalized spacial score (nSPS) is 12.0. The number of ketones is 1. The summed E-state index contributed by atoms with van der Waals surface area (Å²) >= 11 is 0. The first-order valence-electron chi connectivity index (χ1n) is 7.69. The molecule has 1 aromatic heterocycles. The molecule has 0 aliphatic carbocycles. The molecule has 0 saturated heterocycles. The molecule has 3 aromatic rings. The van der Waals surface area contributed by atoms with Gasteiger partial charge < -0.3 is 9.84 Å². The van der Waals surface area contributed by atoms with Gasteiger partial charge in [-0.1, -0.05) is 23.8 Å². The van der Waals surface area contributed by atoms with Crippen molar-refractivity contribution in [1.82, 2.24) is 4.98 Å². The van der Waals surface area contributed by atoms with E-state index in [2.05, 4.69) is 4.98 Å². The molecule has 4 rings (SSSR count). The molecular formula is C20H15NO3. The second-order valence-corrected chi connectivity index (χ2v) is 5.87. The minimum absolute atomic E-state index is 0.0301. The molecule has 0 amide bonds. The van der Waals surface area contributed by atoms with Gasteiger partial charge in [0, 0.05) is 22.9 Å². The van der Waals surface area contributed by atoms with Crippen LogP contribution in [0.4, 0.5) is 0 Å². The highest BCUT2D eigenvalue weighted by Gasteiger charge is 2.21. The van der Waals surface area contributed by atoms with Gasteiger partial charge in [0.1, 0.15) is 18.1 Å². The van der Waals surface area contributed by atoms with Crippen LogP contribution in [0.2, 0.25) is 0 Å². The van der Waals surface area contributed by atoms with Crippen molar-refractivity contribution < 1.29 is 14.6 Å². The van der Waals surface area contributed by atoms with Gasteiger partial charge in [-0.2, -0.15) is 0 Å². The Morgan fingerprint density at radius 3 is 2.83 bits per heavy atom. The first-order chi connectivity index (χ1) is 11.6. The smallest absolute Gasteiger partial charge is 0.198 e. The van der Waals surface area contributed by atoms with Crippen molar-refractivity contribution in [2.75, 3.05) is 0 Å². The Morgan fingerprint density at radius 2 is 2.00 bits per heavy atom. The number of phenols is 1. The number of phenolic OH excluding ortho intramolecular Hbond substituents is 1. The van der Waals surface area contributed by atoms with Crippen molar-refractivity contribution in [3.8, 4) is 22.8 Å². The van der Waals surface area contributed by atoms with Crippen LogP contribution in [0.1, 0.15) is 27.0 Å². The average molecular weight is 317 g/mol. The molecule has 24 heavy (non-hydrogen) atoms. The number of aryl methyl sites for hydroxylation is 1. The molecular weight excluding hydrogens is 302 g/mol. The number of rotatable bonds is 2. The predicted octanol–water partition coefficient (Wildman–Crippen LogP) is 3.89. The highest BCUT2D eigenvalue weighted by molar-refractivity contribution is 6.10. The lowest BCUT2D eigenvalue weighted by Crippen LogP contribution is -2.10. The Morgan fingerprint density at radius 1 is 1.17 bits per heavy atom. The van der Waals surface area contributed by atoms with E-state index in [0.29, 0.717) is 12.2 Å². The number of aromatic hydroxyl groups is 1. The zero-order valence-electron chi connectivity index (χ0n) is 13.1. The molecule has 4 nitrogen and oxygen atoms in total. The molecule has 118 valence electrons. The number of hydrogen-bond acceptors (Lipinski definition) is 4. The van der Waals surface area contributed by atoms with Crippen molar-refractivity contribution in [2.24, 2.45) is 0 Å². The first-order valence-corrected chi connectivity index (χ1v) is 7.69. The second kappa shape index (κ2) is 5.49. The summed E-state index contributed by atoms with van der Waals surface area (Å²) in [5.41, 5.74) is 4.49. The molecule has 0 radical (unpaired) electrons. The Labute approximate surface area is 139 Å². The monoisotopic (exact) mass is 317 g/mol. The quantitative estimate of drug-likeness (QED) is 0.729. The van der Waals surface area contributed by atoms with Crippen LogP contribution in [0.25, 0.3) is 11.3 Å². The van der Waals surface area contributed by atoms with Crippen molar-refractivity contribution in [1.29, 1.82) is 0 Å². The fourth-order valence-corrected chi connectivity index (χ4v) is 2.92. The van der Waals surface area contributed by atoms with E-state index in [0.717, 1.165) is 28.1 Å². The minimum Gasteiger partial charge on any atom is -0.507 e. The summed E-state index contributed by atoms with van der Waals surface area (Å²) in [6.07, 6.45) is 1.56. The van der Waals surface area contributed by atoms with Crippen LogP contribution in [0, 0.1) is 6.92 Å². The minimum atomic E-state index is -0.251. The maximum atomic E-state index is 12.6. The summed E-state index contributed by atoms with van der Waals surface area (Å²) in [7, 11) is 0. The summed E-state index contributed by atoms with van der Waals surface area (Å²) in [5.74, 6) is 0.524. The second-order valence-electron chi connectivity index (χ2n) is 5.87. The number of nitrogens with zero attached hydrogens (tertiary/aromatic N) is 1. The molecule has 0 saturated carbocycles. The zero-order chi connectivity index (χ0) is 16.7. The molecule has 0 spiro atoms. The summed E-state index contributed by atoms with van der Waals surface area (Å²) in [4.78, 5) is 17.1. The molecule has 0 atom stereocenters. The number of fused-ring (bicyclic) bond motifs is 3. The maximum absolute atomic E-state index is 12.6. The van der Waals surface area contributed by atoms with Gasteiger partial charge >= 0.3 is 0 Å². The third kappa shape index (κ3) is 2.33. The fourth-order valence-electron chi connectivity index (χ4n) is 2.92. The van der Waals surface area contributed by atoms with Crippen molar-refractivity contribution in [2.45, 2.75) is 13.5 Å². The fraction of sp³-hybridized carbons (Fsp3) is 0.100. The van der Waals surface area contributed by atoms with E-state index in [4.69, 9.17) is 4.74 Å². The molecule has 1 aliphatic heterocycles. The molecule has 0 unspecified atom stereocenters. The molecule has 0 fully saturated rings. The summed E-state index contributed by atoms with van der Waals surface area (Å²) in [6.45, 7) is 2.39. The molecule has 1 N–H and O–H groups in total. The number of pyridine rings is 1. The topological polar surface area (TPSA) is 59.4 Å². The lowest BCUT2D eigenvalue weighted by atomic mass is 9.97. The van der Waals surface area contributed by atoms with E-state index in [1.54, 1.807) is 30.5 Å². The van der Waals surface area contributed by atoms with Crippen LogP contribution < -0.4 is 4.74 Å². The summed E-state index contributed by atoms with van der Waals surface area (Å²) < 4.78 is 5.77. The van der Waals surface area contributed by atoms with E-state index < -0.39 is 0 Å². The molecule has 1 aliphatic rings. The van der Waals surface area contributed by atoms with Crippen LogP contribution >= 0.6 is 0 Å². The third-order valence-electron chi connectivity index (χ3n) is 4.15. The highest BCUT2D eigenvalue weighted by Crippen LogP contribution is 2.37. The van der Waals surface area contributed by atoms with Crippen LogP contribution in [0.3, 0.4) is 0 Å². The molecule has 4 heteroatoms. The molecule has 2 aromatic carbocycles. The standard InChI is InChI=1S/C20H15NO3/c1-12-6-7-18-16(8-12)19-14(11-24-18)9-13(10-21-19)20(23)15-4-2-3-5-17(15)22/h2-10,22H,11H2,1H3. The number of hydrogen-bond donors (Lipinski definition) is 1. The van der Waals surface area contributed by atoms with Crippen molar-refractivity contribution >= 4 is 5.78 Å². The number of carbonyl (C=O) groups is 1. The van der Waals surface area contributed by atoms with Crippen LogP contribution in [0.15, 0.2) is 54.7 Å². The van der Waals surface area contributed by atoms with Gasteiger partial charge in [0.25, 0.3) is 0 Å². The number of benzene rings is 2. The van der Waals surface area contributed by atoms with Crippen LogP contribution in [-0.4, -0.2) is 15.9 Å².